The number of ether oxygens (including phenoxy) is 2. The van der Waals surface area contributed by atoms with E-state index in [-0.39, 0.29) is 0 Å². The molecule has 0 amide bonds. The van der Waals surface area contributed by atoms with Crippen molar-refractivity contribution >= 4 is 0 Å². The molecule has 1 N–H and O–H groups in total. The lowest BCUT2D eigenvalue weighted by Crippen LogP contribution is -2.30. The van der Waals surface area contributed by atoms with Crippen molar-refractivity contribution in [2.24, 2.45) is 0 Å². The Hall–Kier alpha value is -1.10. The van der Waals surface area contributed by atoms with Crippen molar-refractivity contribution in [2.75, 3.05) is 40.5 Å². The molecular weight excluding hydrogens is 230 g/mol. The number of phenols is 1. The first-order chi connectivity index (χ1) is 8.67. The Kier molecular flexibility index (Phi) is 6.72. The predicted octanol–water partition coefficient (Wildman–Crippen LogP) is 1.80. The van der Waals surface area contributed by atoms with Crippen molar-refractivity contribution in [2.45, 2.75) is 13.5 Å². The maximum absolute atomic E-state index is 9.85. The van der Waals surface area contributed by atoms with Gasteiger partial charge < -0.3 is 14.6 Å². The Morgan fingerprint density at radius 1 is 1.11 bits per heavy atom. The van der Waals surface area contributed by atoms with Gasteiger partial charge in [-0.1, -0.05) is 17.7 Å². The molecule has 0 fully saturated rings. The summed E-state index contributed by atoms with van der Waals surface area (Å²) in [7, 11) is 3.39. The molecule has 0 radical (unpaired) electrons. The highest BCUT2D eigenvalue weighted by Gasteiger charge is 2.09. The number of rotatable bonds is 8. The highest BCUT2D eigenvalue weighted by Crippen LogP contribution is 2.19. The van der Waals surface area contributed by atoms with E-state index in [2.05, 4.69) is 4.90 Å². The third-order valence-electron chi connectivity index (χ3n) is 2.85. The van der Waals surface area contributed by atoms with E-state index >= 15 is 0 Å². The van der Waals surface area contributed by atoms with Gasteiger partial charge in [-0.3, -0.25) is 4.90 Å². The Labute approximate surface area is 109 Å². The first-order valence-corrected chi connectivity index (χ1v) is 6.16. The summed E-state index contributed by atoms with van der Waals surface area (Å²) < 4.78 is 10.2. The normalized spacial score (nSPS) is 11.1. The van der Waals surface area contributed by atoms with Gasteiger partial charge >= 0.3 is 0 Å². The summed E-state index contributed by atoms with van der Waals surface area (Å²) in [6.45, 7) is 5.74. The van der Waals surface area contributed by atoms with Gasteiger partial charge in [0.05, 0.1) is 13.2 Å². The van der Waals surface area contributed by atoms with Gasteiger partial charge in [-0.05, 0) is 13.0 Å². The molecule has 0 unspecified atom stereocenters. The molecule has 0 saturated heterocycles. The molecule has 4 heteroatoms. The first-order valence-electron chi connectivity index (χ1n) is 6.16. The van der Waals surface area contributed by atoms with Crippen LogP contribution in [0.5, 0.6) is 5.75 Å². The van der Waals surface area contributed by atoms with Crippen LogP contribution in [-0.2, 0) is 16.0 Å². The molecule has 4 nitrogen and oxygen atoms in total. The average molecular weight is 253 g/mol. The maximum Gasteiger partial charge on any atom is 0.120 e. The number of hydrogen-bond donors (Lipinski definition) is 1. The summed E-state index contributed by atoms with van der Waals surface area (Å²) in [5.74, 6) is 0.348. The standard InChI is InChI=1S/C14H23NO3/c1-12-4-5-14(16)13(10-12)11-15(6-8-17-2)7-9-18-3/h4-5,10,16H,6-9,11H2,1-3H3. The fourth-order valence-corrected chi connectivity index (χ4v) is 1.79. The zero-order valence-electron chi connectivity index (χ0n) is 11.5. The molecule has 0 heterocycles. The van der Waals surface area contributed by atoms with E-state index in [0.717, 1.165) is 24.2 Å². The number of methoxy groups -OCH3 is 2. The third-order valence-corrected chi connectivity index (χ3v) is 2.85. The lowest BCUT2D eigenvalue weighted by atomic mass is 10.1. The van der Waals surface area contributed by atoms with E-state index in [0.29, 0.717) is 25.5 Å². The maximum atomic E-state index is 9.85. The Balaban J connectivity index is 2.65. The summed E-state index contributed by atoms with van der Waals surface area (Å²) in [6, 6.07) is 5.67. The minimum Gasteiger partial charge on any atom is -0.508 e. The molecular formula is C14H23NO3. The van der Waals surface area contributed by atoms with Crippen LogP contribution in [0.2, 0.25) is 0 Å². The molecule has 0 aromatic heterocycles. The van der Waals surface area contributed by atoms with Gasteiger partial charge in [0.2, 0.25) is 0 Å². The van der Waals surface area contributed by atoms with Crippen LogP contribution in [0.1, 0.15) is 11.1 Å². The van der Waals surface area contributed by atoms with Crippen LogP contribution in [0.3, 0.4) is 0 Å². The lowest BCUT2D eigenvalue weighted by Gasteiger charge is -2.22. The zero-order chi connectivity index (χ0) is 13.4. The van der Waals surface area contributed by atoms with E-state index in [1.54, 1.807) is 20.3 Å². The summed E-state index contributed by atoms with van der Waals surface area (Å²) in [4.78, 5) is 2.21. The monoisotopic (exact) mass is 253 g/mol. The van der Waals surface area contributed by atoms with Crippen LogP contribution in [0.25, 0.3) is 0 Å². The molecule has 0 aliphatic rings. The largest absolute Gasteiger partial charge is 0.508 e. The second-order valence-corrected chi connectivity index (χ2v) is 4.39. The van der Waals surface area contributed by atoms with Gasteiger partial charge in [0, 0.05) is 39.4 Å². The minimum atomic E-state index is 0.348. The van der Waals surface area contributed by atoms with Crippen molar-refractivity contribution < 1.29 is 14.6 Å². The highest BCUT2D eigenvalue weighted by molar-refractivity contribution is 5.35. The molecule has 18 heavy (non-hydrogen) atoms. The van der Waals surface area contributed by atoms with Gasteiger partial charge in [0.1, 0.15) is 5.75 Å². The van der Waals surface area contributed by atoms with Gasteiger partial charge in [-0.2, -0.15) is 0 Å². The summed E-state index contributed by atoms with van der Waals surface area (Å²) in [5, 5.41) is 9.85. The van der Waals surface area contributed by atoms with Gasteiger partial charge in [-0.25, -0.2) is 0 Å². The van der Waals surface area contributed by atoms with Gasteiger partial charge in [0.15, 0.2) is 0 Å². The third kappa shape index (κ3) is 5.04. The average Bonchev–Trinajstić information content (AvgIpc) is 2.37. The van der Waals surface area contributed by atoms with Crippen molar-refractivity contribution in [1.29, 1.82) is 0 Å². The van der Waals surface area contributed by atoms with Crippen LogP contribution in [0.4, 0.5) is 0 Å². The van der Waals surface area contributed by atoms with E-state index in [1.807, 2.05) is 19.1 Å². The molecule has 0 aliphatic carbocycles. The SMILES string of the molecule is COCCN(CCOC)Cc1cc(C)ccc1O. The van der Waals surface area contributed by atoms with Crippen molar-refractivity contribution in [3.05, 3.63) is 29.3 Å². The zero-order valence-corrected chi connectivity index (χ0v) is 11.5. The number of hydrogen-bond acceptors (Lipinski definition) is 4. The number of aryl methyl sites for hydroxylation is 1. The molecule has 1 rings (SSSR count). The molecule has 0 spiro atoms. The van der Waals surface area contributed by atoms with Crippen LogP contribution in [0, 0.1) is 6.92 Å². The topological polar surface area (TPSA) is 41.9 Å². The van der Waals surface area contributed by atoms with Gasteiger partial charge in [-0.15, -0.1) is 0 Å². The number of aromatic hydroxyl groups is 1. The second kappa shape index (κ2) is 8.08. The van der Waals surface area contributed by atoms with E-state index in [9.17, 15) is 5.11 Å². The molecule has 0 saturated carbocycles. The van der Waals surface area contributed by atoms with Crippen LogP contribution in [0.15, 0.2) is 18.2 Å². The summed E-state index contributed by atoms with van der Waals surface area (Å²) >= 11 is 0. The number of nitrogens with zero attached hydrogens (tertiary/aromatic N) is 1. The molecule has 102 valence electrons. The molecule has 1 aromatic rings. The predicted molar refractivity (Wildman–Crippen MR) is 71.9 cm³/mol. The Bertz CT molecular complexity index is 347. The minimum absolute atomic E-state index is 0.348. The van der Waals surface area contributed by atoms with Crippen molar-refractivity contribution in [3.8, 4) is 5.75 Å². The smallest absolute Gasteiger partial charge is 0.120 e. The Morgan fingerprint density at radius 2 is 1.72 bits per heavy atom. The fraction of sp³-hybridized carbons (Fsp3) is 0.571. The molecule has 0 atom stereocenters. The van der Waals surface area contributed by atoms with Crippen LogP contribution < -0.4 is 0 Å². The number of phenolic OH excluding ortho intramolecular Hbond substituents is 1. The van der Waals surface area contributed by atoms with Crippen LogP contribution >= 0.6 is 0 Å². The molecule has 0 bridgehead atoms. The summed E-state index contributed by atoms with van der Waals surface area (Å²) in [6.07, 6.45) is 0. The fourth-order valence-electron chi connectivity index (χ4n) is 1.79. The highest BCUT2D eigenvalue weighted by atomic mass is 16.5. The first kappa shape index (κ1) is 15.0. The molecule has 1 aromatic carbocycles. The quantitative estimate of drug-likeness (QED) is 0.767. The second-order valence-electron chi connectivity index (χ2n) is 4.39. The van der Waals surface area contributed by atoms with E-state index in [4.69, 9.17) is 9.47 Å². The van der Waals surface area contributed by atoms with Crippen molar-refractivity contribution in [3.63, 3.8) is 0 Å². The summed E-state index contributed by atoms with van der Waals surface area (Å²) in [5.41, 5.74) is 2.10. The molecule has 0 aliphatic heterocycles. The van der Waals surface area contributed by atoms with E-state index < -0.39 is 0 Å². The van der Waals surface area contributed by atoms with Gasteiger partial charge in [0.25, 0.3) is 0 Å². The van der Waals surface area contributed by atoms with Crippen LogP contribution in [-0.4, -0.2) is 50.5 Å². The Morgan fingerprint density at radius 3 is 2.28 bits per heavy atom. The van der Waals surface area contributed by atoms with Crippen molar-refractivity contribution in [1.82, 2.24) is 4.90 Å². The number of benzene rings is 1. The lowest BCUT2D eigenvalue weighted by molar-refractivity contribution is 0.110. The van der Waals surface area contributed by atoms with E-state index in [1.165, 1.54) is 0 Å².